The number of halogens is 1. The quantitative estimate of drug-likeness (QED) is 0.296. The van der Waals surface area contributed by atoms with Crippen LogP contribution in [-0.4, -0.2) is 22.5 Å². The van der Waals surface area contributed by atoms with Crippen molar-refractivity contribution in [1.29, 1.82) is 0 Å². The van der Waals surface area contributed by atoms with Gasteiger partial charge in [0, 0.05) is 0 Å². The molecule has 1 unspecified atom stereocenters. The van der Waals surface area contributed by atoms with Gasteiger partial charge in [-0.3, -0.25) is 10.1 Å². The molecule has 128 valence electrons. The van der Waals surface area contributed by atoms with E-state index in [0.29, 0.717) is 16.8 Å². The molecule has 25 heavy (non-hydrogen) atoms. The van der Waals surface area contributed by atoms with Crippen molar-refractivity contribution < 1.29 is 14.5 Å². The summed E-state index contributed by atoms with van der Waals surface area (Å²) in [4.78, 5) is 22.1. The van der Waals surface area contributed by atoms with Crippen LogP contribution < -0.4 is 5.32 Å². The number of carbonyl (C=O) groups is 1. The second kappa shape index (κ2) is 6.57. The third-order valence-corrected chi connectivity index (χ3v) is 4.31. The Morgan fingerprint density at radius 2 is 1.84 bits per heavy atom. The summed E-state index contributed by atoms with van der Waals surface area (Å²) in [6, 6.07) is 15.2. The van der Waals surface area contributed by atoms with Crippen molar-refractivity contribution in [2.45, 2.75) is 11.9 Å². The summed E-state index contributed by atoms with van der Waals surface area (Å²) < 4.78 is 5.09. The summed E-state index contributed by atoms with van der Waals surface area (Å²) in [5.41, 5.74) is 1.09. The van der Waals surface area contributed by atoms with E-state index in [1.807, 2.05) is 0 Å². The van der Waals surface area contributed by atoms with E-state index in [2.05, 4.69) is 5.32 Å². The molecule has 0 aliphatic carbocycles. The van der Waals surface area contributed by atoms with Gasteiger partial charge in [-0.1, -0.05) is 54.1 Å². The number of alkyl halides is 1. The minimum Gasteiger partial charge on any atom is -0.463 e. The molecule has 1 aliphatic rings. The lowest BCUT2D eigenvalue weighted by molar-refractivity contribution is -0.374. The van der Waals surface area contributed by atoms with E-state index < -0.39 is 15.9 Å². The number of carbonyl (C=O) groups excluding carboxylic acids is 1. The maximum absolute atomic E-state index is 12.6. The molecule has 0 bridgehead atoms. The molecule has 0 aromatic heterocycles. The fourth-order valence-electron chi connectivity index (χ4n) is 2.86. The smallest absolute Gasteiger partial charge is 0.352 e. The number of hydrogen-bond donors (Lipinski definition) is 1. The van der Waals surface area contributed by atoms with Crippen LogP contribution in [0.15, 0.2) is 54.6 Å². The van der Waals surface area contributed by atoms with Crippen LogP contribution >= 0.6 is 11.6 Å². The van der Waals surface area contributed by atoms with E-state index in [1.54, 1.807) is 61.5 Å². The van der Waals surface area contributed by atoms with Gasteiger partial charge in [0.1, 0.15) is 0 Å². The molecular weight excluding hydrogens is 344 g/mol. The zero-order chi connectivity index (χ0) is 18.0. The van der Waals surface area contributed by atoms with Crippen molar-refractivity contribution in [2.24, 2.45) is 0 Å². The van der Waals surface area contributed by atoms with Crippen molar-refractivity contribution in [3.05, 3.63) is 75.8 Å². The highest BCUT2D eigenvalue weighted by Gasteiger charge is 2.51. The van der Waals surface area contributed by atoms with Crippen molar-refractivity contribution in [1.82, 2.24) is 0 Å². The number of nitrogens with one attached hydrogen (secondary N) is 1. The van der Waals surface area contributed by atoms with Gasteiger partial charge in [0.2, 0.25) is 5.00 Å². The average Bonchev–Trinajstić information content (AvgIpc) is 2.61. The Hall–Kier alpha value is -2.86. The third-order valence-electron chi connectivity index (χ3n) is 3.87. The Morgan fingerprint density at radius 3 is 2.48 bits per heavy atom. The summed E-state index contributed by atoms with van der Waals surface area (Å²) in [5, 5.41) is 14.8. The van der Waals surface area contributed by atoms with Gasteiger partial charge in [-0.05, 0) is 24.6 Å². The van der Waals surface area contributed by atoms with Crippen molar-refractivity contribution >= 4 is 34.5 Å². The monoisotopic (exact) mass is 358 g/mol. The first kappa shape index (κ1) is 17.0. The van der Waals surface area contributed by atoms with E-state index in [1.165, 1.54) is 0 Å². The largest absolute Gasteiger partial charge is 0.463 e. The Bertz CT molecular complexity index is 866. The Balaban J connectivity index is 2.36. The van der Waals surface area contributed by atoms with Crippen LogP contribution in [0.4, 0.5) is 5.69 Å². The van der Waals surface area contributed by atoms with E-state index in [9.17, 15) is 14.9 Å². The topological polar surface area (TPSA) is 81.5 Å². The van der Waals surface area contributed by atoms with Gasteiger partial charge in [-0.15, -0.1) is 0 Å². The highest BCUT2D eigenvalue weighted by atomic mass is 35.5. The van der Waals surface area contributed by atoms with E-state index in [-0.39, 0.29) is 17.9 Å². The minimum absolute atomic E-state index is 0.0666. The summed E-state index contributed by atoms with van der Waals surface area (Å²) in [7, 11) is 0. The predicted octanol–water partition coefficient (Wildman–Crippen LogP) is 3.76. The van der Waals surface area contributed by atoms with Crippen LogP contribution in [0.1, 0.15) is 18.1 Å². The van der Waals surface area contributed by atoms with Gasteiger partial charge in [0.05, 0.1) is 28.4 Å². The summed E-state index contributed by atoms with van der Waals surface area (Å²) in [5.74, 6) is -0.788. The van der Waals surface area contributed by atoms with Gasteiger partial charge in [0.15, 0.2) is 0 Å². The molecule has 1 atom stereocenters. The molecule has 0 amide bonds. The van der Waals surface area contributed by atoms with Crippen molar-refractivity contribution in [2.75, 3.05) is 11.9 Å². The van der Waals surface area contributed by atoms with Gasteiger partial charge >= 0.3 is 5.97 Å². The minimum atomic E-state index is -1.89. The number of benzene rings is 2. The molecule has 0 spiro atoms. The number of esters is 1. The third kappa shape index (κ3) is 2.85. The Kier molecular flexibility index (Phi) is 4.46. The maximum Gasteiger partial charge on any atom is 0.352 e. The predicted molar refractivity (Wildman–Crippen MR) is 95.5 cm³/mol. The molecular formula is C18H15ClN2O4. The first-order valence-corrected chi connectivity index (χ1v) is 8.05. The second-order valence-electron chi connectivity index (χ2n) is 5.40. The van der Waals surface area contributed by atoms with Crippen molar-refractivity contribution in [3.63, 3.8) is 0 Å². The highest BCUT2D eigenvalue weighted by molar-refractivity contribution is 6.44. The fraction of sp³-hybridized carbons (Fsp3) is 0.167. The summed E-state index contributed by atoms with van der Waals surface area (Å²) in [6.07, 6.45) is 0. The molecule has 7 heteroatoms. The van der Waals surface area contributed by atoms with Gasteiger partial charge in [0.25, 0.3) is 5.70 Å². The molecule has 1 aliphatic heterocycles. The second-order valence-corrected chi connectivity index (χ2v) is 5.96. The van der Waals surface area contributed by atoms with Gasteiger partial charge < -0.3 is 10.1 Å². The molecule has 2 aromatic carbocycles. The summed E-state index contributed by atoms with van der Waals surface area (Å²) >= 11 is 6.62. The number of ether oxygens (including phenoxy) is 1. The lowest BCUT2D eigenvalue weighted by atomic mass is 9.88. The SMILES string of the molecule is CCOC(=O)C1(Cl)Nc2ccccc2C([N+](=O)[O-])=C1c1ccccc1. The van der Waals surface area contributed by atoms with E-state index in [4.69, 9.17) is 16.3 Å². The molecule has 2 aromatic rings. The molecule has 0 fully saturated rings. The molecule has 1 N–H and O–H groups in total. The standard InChI is InChI=1S/C18H15ClN2O4/c1-2-25-17(22)18(19)15(12-8-4-3-5-9-12)16(21(23)24)13-10-6-7-11-14(13)20-18/h3-11,20H,2H2,1H3. The number of nitro groups is 1. The Morgan fingerprint density at radius 1 is 1.20 bits per heavy atom. The van der Waals surface area contributed by atoms with Gasteiger partial charge in [-0.2, -0.15) is 0 Å². The number of hydrogen-bond acceptors (Lipinski definition) is 5. The van der Waals surface area contributed by atoms with Crippen molar-refractivity contribution in [3.8, 4) is 0 Å². The first-order valence-electron chi connectivity index (χ1n) is 7.67. The molecule has 0 saturated heterocycles. The number of para-hydroxylation sites is 1. The molecule has 6 nitrogen and oxygen atoms in total. The lowest BCUT2D eigenvalue weighted by Gasteiger charge is -2.33. The first-order chi connectivity index (χ1) is 12.0. The maximum atomic E-state index is 12.6. The normalized spacial score (nSPS) is 19.0. The fourth-order valence-corrected chi connectivity index (χ4v) is 3.21. The number of fused-ring (bicyclic) bond motifs is 1. The number of nitrogens with zero attached hydrogens (tertiary/aromatic N) is 1. The molecule has 0 saturated carbocycles. The lowest BCUT2D eigenvalue weighted by Crippen LogP contribution is -2.46. The zero-order valence-electron chi connectivity index (χ0n) is 13.4. The van der Waals surface area contributed by atoms with Crippen LogP contribution in [0.5, 0.6) is 0 Å². The van der Waals surface area contributed by atoms with Crippen LogP contribution in [-0.2, 0) is 9.53 Å². The number of anilines is 1. The number of rotatable bonds is 4. The summed E-state index contributed by atoms with van der Waals surface area (Å²) in [6.45, 7) is 1.75. The van der Waals surface area contributed by atoms with E-state index >= 15 is 0 Å². The average molecular weight is 359 g/mol. The van der Waals surface area contributed by atoms with Crippen LogP contribution in [0.2, 0.25) is 0 Å². The highest BCUT2D eigenvalue weighted by Crippen LogP contribution is 2.46. The van der Waals surface area contributed by atoms with Gasteiger partial charge in [-0.25, -0.2) is 4.79 Å². The van der Waals surface area contributed by atoms with E-state index in [0.717, 1.165) is 0 Å². The van der Waals surface area contributed by atoms with Crippen LogP contribution in [0.25, 0.3) is 11.3 Å². The zero-order valence-corrected chi connectivity index (χ0v) is 14.1. The molecule has 3 rings (SSSR count). The molecule has 1 heterocycles. The van der Waals surface area contributed by atoms with Crippen LogP contribution in [0, 0.1) is 10.1 Å². The Labute approximate surface area is 149 Å². The van der Waals surface area contributed by atoms with Crippen LogP contribution in [0.3, 0.4) is 0 Å². The molecule has 0 radical (unpaired) electrons.